The number of aliphatic hydroxyl groups is 1. The molecule has 0 aliphatic carbocycles. The zero-order valence-electron chi connectivity index (χ0n) is 7.77. The second-order valence-corrected chi connectivity index (χ2v) is 2.94. The molecule has 0 unspecified atom stereocenters. The second-order valence-electron chi connectivity index (χ2n) is 2.94. The van der Waals surface area contributed by atoms with E-state index in [1.165, 1.54) is 0 Å². The van der Waals surface area contributed by atoms with Gasteiger partial charge in [0.1, 0.15) is 6.29 Å². The van der Waals surface area contributed by atoms with Crippen molar-refractivity contribution in [2.24, 2.45) is 0 Å². The first-order valence-electron chi connectivity index (χ1n) is 4.45. The number of carbonyl (C=O) groups excluding carboxylic acids is 2. The molecule has 74 valence electrons. The molecule has 0 radical (unpaired) electrons. The molecule has 3 heteroatoms. The Bertz CT molecular complexity index is 331. The predicted octanol–water partition coefficient (Wildman–Crippen LogP) is 1.34. The molecule has 0 heterocycles. The van der Waals surface area contributed by atoms with Crippen molar-refractivity contribution in [2.75, 3.05) is 0 Å². The Kier molecular flexibility index (Phi) is 4.01. The molecule has 0 atom stereocenters. The van der Waals surface area contributed by atoms with Gasteiger partial charge >= 0.3 is 0 Å². The SMILES string of the molecule is O=CCCC(=O)c1ccccc1CO. The monoisotopic (exact) mass is 192 g/mol. The summed E-state index contributed by atoms with van der Waals surface area (Å²) in [6.07, 6.45) is 1.17. The van der Waals surface area contributed by atoms with E-state index in [-0.39, 0.29) is 25.2 Å². The molecule has 0 bridgehead atoms. The number of hydrogen-bond acceptors (Lipinski definition) is 3. The van der Waals surface area contributed by atoms with Crippen LogP contribution in [0.3, 0.4) is 0 Å². The van der Waals surface area contributed by atoms with E-state index >= 15 is 0 Å². The molecule has 0 aromatic heterocycles. The highest BCUT2D eigenvalue weighted by Crippen LogP contribution is 2.11. The summed E-state index contributed by atoms with van der Waals surface area (Å²) in [5, 5.41) is 8.97. The molecule has 0 amide bonds. The lowest BCUT2D eigenvalue weighted by atomic mass is 10.0. The van der Waals surface area contributed by atoms with E-state index in [9.17, 15) is 9.59 Å². The van der Waals surface area contributed by atoms with Crippen LogP contribution in [0, 0.1) is 0 Å². The fraction of sp³-hybridized carbons (Fsp3) is 0.273. The number of aldehydes is 1. The largest absolute Gasteiger partial charge is 0.392 e. The summed E-state index contributed by atoms with van der Waals surface area (Å²) in [7, 11) is 0. The minimum absolute atomic E-state index is 0.0956. The molecule has 1 aromatic carbocycles. The molecule has 1 rings (SSSR count). The number of Topliss-reactive ketones (excluding diaryl/α,β-unsaturated/α-hetero) is 1. The lowest BCUT2D eigenvalue weighted by molar-refractivity contribution is -0.107. The predicted molar refractivity (Wildman–Crippen MR) is 52.0 cm³/mol. The first-order valence-corrected chi connectivity index (χ1v) is 4.45. The zero-order chi connectivity index (χ0) is 10.4. The molecule has 0 saturated heterocycles. The van der Waals surface area contributed by atoms with Crippen LogP contribution in [0.2, 0.25) is 0 Å². The van der Waals surface area contributed by atoms with Gasteiger partial charge in [0.15, 0.2) is 5.78 Å². The van der Waals surface area contributed by atoms with Crippen LogP contribution in [0.5, 0.6) is 0 Å². The molecule has 0 aliphatic heterocycles. The molecule has 0 fully saturated rings. The van der Waals surface area contributed by atoms with Gasteiger partial charge in [0.05, 0.1) is 6.61 Å². The fourth-order valence-electron chi connectivity index (χ4n) is 1.25. The summed E-state index contributed by atoms with van der Waals surface area (Å²) in [5.41, 5.74) is 1.13. The summed E-state index contributed by atoms with van der Waals surface area (Å²) >= 11 is 0. The van der Waals surface area contributed by atoms with Crippen molar-refractivity contribution in [1.82, 2.24) is 0 Å². The first-order chi connectivity index (χ1) is 6.79. The summed E-state index contributed by atoms with van der Waals surface area (Å²) in [5.74, 6) is -0.0956. The molecule has 1 N–H and O–H groups in total. The molecule has 0 saturated carbocycles. The van der Waals surface area contributed by atoms with Crippen LogP contribution in [-0.4, -0.2) is 17.2 Å². The van der Waals surface area contributed by atoms with E-state index < -0.39 is 0 Å². The molecule has 1 aromatic rings. The minimum Gasteiger partial charge on any atom is -0.392 e. The molecule has 0 aliphatic rings. The Balaban J connectivity index is 2.82. The lowest BCUT2D eigenvalue weighted by Crippen LogP contribution is -2.03. The highest BCUT2D eigenvalue weighted by atomic mass is 16.3. The third-order valence-corrected chi connectivity index (χ3v) is 1.98. The van der Waals surface area contributed by atoms with Gasteiger partial charge in [-0.1, -0.05) is 24.3 Å². The topological polar surface area (TPSA) is 54.4 Å². The zero-order valence-corrected chi connectivity index (χ0v) is 7.77. The Morgan fingerprint density at radius 1 is 1.36 bits per heavy atom. The summed E-state index contributed by atoms with van der Waals surface area (Å²) in [6, 6.07) is 6.88. The van der Waals surface area contributed by atoms with Gasteiger partial charge in [-0.25, -0.2) is 0 Å². The molecular formula is C11H12O3. The average Bonchev–Trinajstić information content (AvgIpc) is 2.25. The van der Waals surface area contributed by atoms with Crippen molar-refractivity contribution in [2.45, 2.75) is 19.4 Å². The highest BCUT2D eigenvalue weighted by Gasteiger charge is 2.08. The van der Waals surface area contributed by atoms with Gasteiger partial charge in [0, 0.05) is 18.4 Å². The van der Waals surface area contributed by atoms with Gasteiger partial charge in [-0.05, 0) is 5.56 Å². The number of rotatable bonds is 5. The van der Waals surface area contributed by atoms with Crippen LogP contribution in [-0.2, 0) is 11.4 Å². The Hall–Kier alpha value is -1.48. The van der Waals surface area contributed by atoms with E-state index in [4.69, 9.17) is 5.11 Å². The van der Waals surface area contributed by atoms with E-state index in [1.807, 2.05) is 0 Å². The van der Waals surface area contributed by atoms with Gasteiger partial charge in [0.2, 0.25) is 0 Å². The Morgan fingerprint density at radius 3 is 2.71 bits per heavy atom. The van der Waals surface area contributed by atoms with Crippen LogP contribution in [0.4, 0.5) is 0 Å². The van der Waals surface area contributed by atoms with E-state index in [1.54, 1.807) is 24.3 Å². The summed E-state index contributed by atoms with van der Waals surface area (Å²) < 4.78 is 0. The summed E-state index contributed by atoms with van der Waals surface area (Å²) in [4.78, 5) is 21.6. The number of ketones is 1. The number of carbonyl (C=O) groups is 2. The normalized spacial score (nSPS) is 9.79. The van der Waals surface area contributed by atoms with Crippen molar-refractivity contribution in [3.05, 3.63) is 35.4 Å². The minimum atomic E-state index is -0.150. The molecular weight excluding hydrogens is 180 g/mol. The van der Waals surface area contributed by atoms with Crippen LogP contribution in [0.25, 0.3) is 0 Å². The van der Waals surface area contributed by atoms with Crippen molar-refractivity contribution in [3.8, 4) is 0 Å². The number of aliphatic hydroxyl groups excluding tert-OH is 1. The average molecular weight is 192 g/mol. The second kappa shape index (κ2) is 5.29. The maximum Gasteiger partial charge on any atom is 0.163 e. The summed E-state index contributed by atoms with van der Waals surface area (Å²) in [6.45, 7) is -0.150. The highest BCUT2D eigenvalue weighted by molar-refractivity contribution is 5.98. The fourth-order valence-corrected chi connectivity index (χ4v) is 1.25. The lowest BCUT2D eigenvalue weighted by Gasteiger charge is -2.04. The van der Waals surface area contributed by atoms with Crippen LogP contribution in [0.1, 0.15) is 28.8 Å². The van der Waals surface area contributed by atoms with Crippen molar-refractivity contribution in [3.63, 3.8) is 0 Å². The van der Waals surface area contributed by atoms with Crippen molar-refractivity contribution in [1.29, 1.82) is 0 Å². The van der Waals surface area contributed by atoms with Crippen LogP contribution >= 0.6 is 0 Å². The molecule has 0 spiro atoms. The molecule has 3 nitrogen and oxygen atoms in total. The Labute approximate surface area is 82.4 Å². The van der Waals surface area contributed by atoms with E-state index in [0.29, 0.717) is 11.1 Å². The molecule has 14 heavy (non-hydrogen) atoms. The van der Waals surface area contributed by atoms with E-state index in [2.05, 4.69) is 0 Å². The quantitative estimate of drug-likeness (QED) is 0.565. The number of benzene rings is 1. The van der Waals surface area contributed by atoms with Crippen molar-refractivity contribution < 1.29 is 14.7 Å². The van der Waals surface area contributed by atoms with E-state index in [0.717, 1.165) is 6.29 Å². The maximum atomic E-state index is 11.5. The van der Waals surface area contributed by atoms with Gasteiger partial charge in [-0.15, -0.1) is 0 Å². The van der Waals surface area contributed by atoms with Gasteiger partial charge in [-0.2, -0.15) is 0 Å². The van der Waals surface area contributed by atoms with Gasteiger partial charge in [0.25, 0.3) is 0 Å². The van der Waals surface area contributed by atoms with Crippen LogP contribution in [0.15, 0.2) is 24.3 Å². The number of hydrogen-bond donors (Lipinski definition) is 1. The standard InChI is InChI=1S/C11H12O3/c12-7-3-6-11(14)10-5-2-1-4-9(10)8-13/h1-2,4-5,7,13H,3,6,8H2. The van der Waals surface area contributed by atoms with Crippen LogP contribution < -0.4 is 0 Å². The Morgan fingerprint density at radius 2 is 2.07 bits per heavy atom. The third kappa shape index (κ3) is 2.50. The third-order valence-electron chi connectivity index (χ3n) is 1.98. The van der Waals surface area contributed by atoms with Gasteiger partial charge in [-0.3, -0.25) is 4.79 Å². The van der Waals surface area contributed by atoms with Gasteiger partial charge < -0.3 is 9.90 Å². The van der Waals surface area contributed by atoms with Crippen molar-refractivity contribution >= 4 is 12.1 Å². The first kappa shape index (κ1) is 10.6. The maximum absolute atomic E-state index is 11.5. The smallest absolute Gasteiger partial charge is 0.163 e.